The molecule has 2 saturated heterocycles. The number of carbonyl (C=O) groups excluding carboxylic acids is 2. The first-order valence-corrected chi connectivity index (χ1v) is 12.7. The van der Waals surface area contributed by atoms with Crippen LogP contribution in [0.3, 0.4) is 0 Å². The molecule has 2 fully saturated rings. The van der Waals surface area contributed by atoms with Crippen LogP contribution in [-0.2, 0) is 11.3 Å². The van der Waals surface area contributed by atoms with Gasteiger partial charge in [-0.15, -0.1) is 0 Å². The Kier molecular flexibility index (Phi) is 8.48. The fourth-order valence-corrected chi connectivity index (χ4v) is 4.77. The van der Waals surface area contributed by atoms with Gasteiger partial charge in [-0.1, -0.05) is 29.8 Å². The number of hydrogen-bond donors (Lipinski definition) is 2. The summed E-state index contributed by atoms with van der Waals surface area (Å²) in [5, 5.41) is 13.4. The SMILES string of the molecule is Cc1ccc(OC[C@@]2(O)CCCN(Cc3ccc(OCCCN4CC(=O)NC4=O)cc3)CC2)c(C)c1. The minimum absolute atomic E-state index is 0.126. The third-order valence-corrected chi connectivity index (χ3v) is 6.88. The number of hydrogen-bond acceptors (Lipinski definition) is 6. The molecule has 2 aromatic rings. The maximum Gasteiger partial charge on any atom is 0.324 e. The second-order valence-electron chi connectivity index (χ2n) is 10.0. The van der Waals surface area contributed by atoms with E-state index >= 15 is 0 Å². The van der Waals surface area contributed by atoms with E-state index in [-0.39, 0.29) is 18.5 Å². The molecule has 194 valence electrons. The summed E-state index contributed by atoms with van der Waals surface area (Å²) in [4.78, 5) is 26.6. The lowest BCUT2D eigenvalue weighted by Crippen LogP contribution is -2.37. The van der Waals surface area contributed by atoms with Gasteiger partial charge in [0.05, 0.1) is 12.2 Å². The molecule has 36 heavy (non-hydrogen) atoms. The van der Waals surface area contributed by atoms with Crippen LogP contribution in [0.4, 0.5) is 4.79 Å². The number of likely N-dealkylation sites (tertiary alicyclic amines) is 1. The fraction of sp³-hybridized carbons (Fsp3) is 0.500. The molecular formula is C28H37N3O5. The number of benzene rings is 2. The molecule has 0 bridgehead atoms. The number of aliphatic hydroxyl groups is 1. The van der Waals surface area contributed by atoms with Gasteiger partial charge in [-0.3, -0.25) is 15.0 Å². The minimum Gasteiger partial charge on any atom is -0.494 e. The molecule has 3 amide bonds. The number of imide groups is 1. The smallest absolute Gasteiger partial charge is 0.324 e. The minimum atomic E-state index is -0.813. The Labute approximate surface area is 213 Å². The van der Waals surface area contributed by atoms with Gasteiger partial charge in [-0.2, -0.15) is 0 Å². The Bertz CT molecular complexity index is 1060. The van der Waals surface area contributed by atoms with Gasteiger partial charge in [0.2, 0.25) is 5.91 Å². The van der Waals surface area contributed by atoms with Gasteiger partial charge in [-0.25, -0.2) is 4.79 Å². The zero-order chi connectivity index (χ0) is 25.5. The highest BCUT2D eigenvalue weighted by Gasteiger charge is 2.31. The van der Waals surface area contributed by atoms with Crippen molar-refractivity contribution in [3.63, 3.8) is 0 Å². The number of carbonyl (C=O) groups is 2. The molecule has 2 aromatic carbocycles. The van der Waals surface area contributed by atoms with E-state index in [1.807, 2.05) is 31.2 Å². The number of urea groups is 1. The van der Waals surface area contributed by atoms with Crippen molar-refractivity contribution in [3.05, 3.63) is 59.2 Å². The molecule has 0 unspecified atom stereocenters. The molecule has 0 aliphatic carbocycles. The van der Waals surface area contributed by atoms with E-state index in [0.29, 0.717) is 32.6 Å². The average Bonchev–Trinajstić information content (AvgIpc) is 3.05. The Morgan fingerprint density at radius 2 is 1.83 bits per heavy atom. The number of aryl methyl sites for hydroxylation is 2. The monoisotopic (exact) mass is 495 g/mol. The van der Waals surface area contributed by atoms with E-state index < -0.39 is 5.60 Å². The summed E-state index contributed by atoms with van der Waals surface area (Å²) in [5.41, 5.74) is 2.69. The summed E-state index contributed by atoms with van der Waals surface area (Å²) in [7, 11) is 0. The van der Waals surface area contributed by atoms with E-state index in [1.54, 1.807) is 0 Å². The predicted octanol–water partition coefficient (Wildman–Crippen LogP) is 3.42. The Balaban J connectivity index is 1.19. The average molecular weight is 496 g/mol. The van der Waals surface area contributed by atoms with Gasteiger partial charge in [0.15, 0.2) is 0 Å². The van der Waals surface area contributed by atoms with Gasteiger partial charge < -0.3 is 19.5 Å². The number of nitrogens with zero attached hydrogens (tertiary/aromatic N) is 2. The van der Waals surface area contributed by atoms with Crippen molar-refractivity contribution in [2.24, 2.45) is 0 Å². The molecule has 2 heterocycles. The molecule has 8 heteroatoms. The molecule has 0 radical (unpaired) electrons. The predicted molar refractivity (Wildman–Crippen MR) is 137 cm³/mol. The highest BCUT2D eigenvalue weighted by Crippen LogP contribution is 2.27. The highest BCUT2D eigenvalue weighted by molar-refractivity contribution is 6.01. The zero-order valence-corrected chi connectivity index (χ0v) is 21.3. The van der Waals surface area contributed by atoms with Crippen LogP contribution in [0.25, 0.3) is 0 Å². The van der Waals surface area contributed by atoms with Gasteiger partial charge in [0.25, 0.3) is 0 Å². The Morgan fingerprint density at radius 1 is 1.03 bits per heavy atom. The van der Waals surface area contributed by atoms with E-state index in [4.69, 9.17) is 9.47 Å². The molecule has 0 aromatic heterocycles. The number of ether oxygens (including phenoxy) is 2. The van der Waals surface area contributed by atoms with Crippen molar-refractivity contribution in [2.75, 3.05) is 39.4 Å². The standard InChI is InChI=1S/C28H37N3O5/c1-21-5-10-25(22(2)17-21)36-20-28(34)11-3-13-30(15-12-28)18-23-6-8-24(9-7-23)35-16-4-14-31-19-26(32)29-27(31)33/h5-10,17,34H,3-4,11-16,18-20H2,1-2H3,(H,29,32,33)/t28-/m1/s1. The number of rotatable bonds is 10. The maximum absolute atomic E-state index is 11.5. The van der Waals surface area contributed by atoms with Gasteiger partial charge in [-0.05, 0) is 75.4 Å². The summed E-state index contributed by atoms with van der Waals surface area (Å²) in [6, 6.07) is 13.9. The van der Waals surface area contributed by atoms with Crippen LogP contribution in [0.15, 0.2) is 42.5 Å². The second-order valence-corrected chi connectivity index (χ2v) is 10.0. The topological polar surface area (TPSA) is 91.3 Å². The number of amides is 3. The molecule has 2 aliphatic heterocycles. The Hall–Kier alpha value is -3.10. The van der Waals surface area contributed by atoms with E-state index in [0.717, 1.165) is 49.5 Å². The first-order chi connectivity index (χ1) is 17.3. The van der Waals surface area contributed by atoms with Crippen LogP contribution >= 0.6 is 0 Å². The van der Waals surface area contributed by atoms with Crippen molar-refractivity contribution >= 4 is 11.9 Å². The maximum atomic E-state index is 11.5. The van der Waals surface area contributed by atoms with Crippen molar-refractivity contribution < 1.29 is 24.2 Å². The first kappa shape index (κ1) is 26.0. The van der Waals surface area contributed by atoms with Crippen molar-refractivity contribution in [1.29, 1.82) is 0 Å². The summed E-state index contributed by atoms with van der Waals surface area (Å²) in [6.45, 7) is 8.10. The van der Waals surface area contributed by atoms with Crippen molar-refractivity contribution in [1.82, 2.24) is 15.1 Å². The zero-order valence-electron chi connectivity index (χ0n) is 21.3. The molecule has 4 rings (SSSR count). The van der Waals surface area contributed by atoms with Crippen LogP contribution in [-0.4, -0.2) is 71.8 Å². The van der Waals surface area contributed by atoms with Crippen molar-refractivity contribution in [2.45, 2.75) is 51.7 Å². The molecule has 8 nitrogen and oxygen atoms in total. The van der Waals surface area contributed by atoms with Crippen LogP contribution in [0, 0.1) is 13.8 Å². The third-order valence-electron chi connectivity index (χ3n) is 6.88. The van der Waals surface area contributed by atoms with Gasteiger partial charge >= 0.3 is 6.03 Å². The lowest BCUT2D eigenvalue weighted by Gasteiger charge is -2.27. The van der Waals surface area contributed by atoms with Crippen LogP contribution in [0.1, 0.15) is 42.4 Å². The first-order valence-electron chi connectivity index (χ1n) is 12.7. The lowest BCUT2D eigenvalue weighted by atomic mass is 9.96. The number of nitrogens with one attached hydrogen (secondary N) is 1. The molecule has 2 N–H and O–H groups in total. The summed E-state index contributed by atoms with van der Waals surface area (Å²) in [5.74, 6) is 1.37. The molecule has 2 aliphatic rings. The summed E-state index contributed by atoms with van der Waals surface area (Å²) in [6.07, 6.45) is 3.00. The molecule has 0 spiro atoms. The van der Waals surface area contributed by atoms with Crippen LogP contribution < -0.4 is 14.8 Å². The van der Waals surface area contributed by atoms with Gasteiger partial charge in [0, 0.05) is 19.6 Å². The highest BCUT2D eigenvalue weighted by atomic mass is 16.5. The third kappa shape index (κ3) is 7.21. The second kappa shape index (κ2) is 11.8. The Morgan fingerprint density at radius 3 is 2.56 bits per heavy atom. The lowest BCUT2D eigenvalue weighted by molar-refractivity contribution is -0.118. The summed E-state index contributed by atoms with van der Waals surface area (Å²) < 4.78 is 11.8. The van der Waals surface area contributed by atoms with Crippen LogP contribution in [0.2, 0.25) is 0 Å². The van der Waals surface area contributed by atoms with Crippen molar-refractivity contribution in [3.8, 4) is 11.5 Å². The molecule has 0 saturated carbocycles. The van der Waals surface area contributed by atoms with E-state index in [1.165, 1.54) is 16.0 Å². The van der Waals surface area contributed by atoms with Crippen LogP contribution in [0.5, 0.6) is 11.5 Å². The molecule has 1 atom stereocenters. The summed E-state index contributed by atoms with van der Waals surface area (Å²) >= 11 is 0. The molecular weight excluding hydrogens is 458 g/mol. The van der Waals surface area contributed by atoms with Gasteiger partial charge in [0.1, 0.15) is 24.7 Å². The fourth-order valence-electron chi connectivity index (χ4n) is 4.77. The quantitative estimate of drug-likeness (QED) is 0.388. The largest absolute Gasteiger partial charge is 0.494 e. The normalized spacial score (nSPS) is 20.8. The van der Waals surface area contributed by atoms with E-state index in [9.17, 15) is 14.7 Å². The van der Waals surface area contributed by atoms with E-state index in [2.05, 4.69) is 35.3 Å².